The van der Waals surface area contributed by atoms with Crippen LogP contribution in [0.15, 0.2) is 29.2 Å². The first-order valence-corrected chi connectivity index (χ1v) is 10.6. The van der Waals surface area contributed by atoms with E-state index in [2.05, 4.69) is 0 Å². The number of halogens is 1. The van der Waals surface area contributed by atoms with Crippen LogP contribution in [-0.2, 0) is 24.7 Å². The molecule has 1 aliphatic rings. The van der Waals surface area contributed by atoms with Crippen molar-refractivity contribution in [3.63, 3.8) is 0 Å². The lowest BCUT2D eigenvalue weighted by atomic mass is 10.2. The summed E-state index contributed by atoms with van der Waals surface area (Å²) in [7, 11) is -7.35. The zero-order valence-electron chi connectivity index (χ0n) is 12.8. The molecule has 1 fully saturated rings. The van der Waals surface area contributed by atoms with Crippen LogP contribution in [0.5, 0.6) is 0 Å². The van der Waals surface area contributed by atoms with Crippen molar-refractivity contribution in [3.05, 3.63) is 30.1 Å². The van der Waals surface area contributed by atoms with Gasteiger partial charge in [0.15, 0.2) is 9.84 Å². The van der Waals surface area contributed by atoms with E-state index in [1.807, 2.05) is 0 Å². The molecule has 1 aromatic carbocycles. The molecule has 1 aromatic rings. The molecule has 0 unspecified atom stereocenters. The van der Waals surface area contributed by atoms with Gasteiger partial charge >= 0.3 is 5.97 Å². The fourth-order valence-corrected chi connectivity index (χ4v) is 6.15. The number of carboxylic acid groups (broad SMARTS) is 1. The zero-order chi connectivity index (χ0) is 18.0. The van der Waals surface area contributed by atoms with Gasteiger partial charge in [0.2, 0.25) is 10.0 Å². The molecule has 7 nitrogen and oxygen atoms in total. The number of sulfone groups is 1. The Morgan fingerprint density at radius 1 is 1.29 bits per heavy atom. The normalized spacial score (nSPS) is 20.3. The molecule has 1 atom stereocenters. The Morgan fingerprint density at radius 2 is 1.92 bits per heavy atom. The van der Waals surface area contributed by atoms with Gasteiger partial charge in [-0.2, -0.15) is 4.31 Å². The van der Waals surface area contributed by atoms with Crippen molar-refractivity contribution in [2.45, 2.75) is 30.2 Å². The van der Waals surface area contributed by atoms with Gasteiger partial charge in [-0.25, -0.2) is 21.2 Å². The summed E-state index contributed by atoms with van der Waals surface area (Å²) in [4.78, 5) is 10.5. The minimum Gasteiger partial charge on any atom is -0.481 e. The fraction of sp³-hybridized carbons (Fsp3) is 0.500. The summed E-state index contributed by atoms with van der Waals surface area (Å²) in [5, 5.41) is 8.72. The molecular weight excluding hydrogens is 361 g/mol. The van der Waals surface area contributed by atoms with E-state index in [4.69, 9.17) is 5.11 Å². The third-order valence-electron chi connectivity index (χ3n) is 3.81. The number of carbonyl (C=O) groups is 1. The predicted octanol–water partition coefficient (Wildman–Crippen LogP) is 0.868. The van der Waals surface area contributed by atoms with Crippen LogP contribution in [0.2, 0.25) is 0 Å². The van der Waals surface area contributed by atoms with Crippen LogP contribution >= 0.6 is 0 Å². The smallest absolute Gasteiger partial charge is 0.303 e. The molecular formula is C14H18FNO6S2. The summed E-state index contributed by atoms with van der Waals surface area (Å²) in [6.07, 6.45) is -0.00293. The SMILES string of the molecule is O=C(O)CCCN([C@@H]1CCS(=O)(=O)C1)S(=O)(=O)c1ccc(F)cc1. The maximum Gasteiger partial charge on any atom is 0.303 e. The predicted molar refractivity (Wildman–Crippen MR) is 84.2 cm³/mol. The van der Waals surface area contributed by atoms with Crippen LogP contribution in [0.25, 0.3) is 0 Å². The maximum atomic E-state index is 13.0. The molecule has 0 bridgehead atoms. The number of carboxylic acids is 1. The number of sulfonamides is 1. The van der Waals surface area contributed by atoms with Crippen molar-refractivity contribution in [2.75, 3.05) is 18.1 Å². The Kier molecular flexibility index (Phi) is 5.61. The molecule has 10 heteroatoms. The Morgan fingerprint density at radius 3 is 2.42 bits per heavy atom. The number of hydrogen-bond acceptors (Lipinski definition) is 5. The molecule has 1 aliphatic heterocycles. The molecule has 0 spiro atoms. The number of rotatable bonds is 7. The highest BCUT2D eigenvalue weighted by atomic mass is 32.2. The largest absolute Gasteiger partial charge is 0.481 e. The lowest BCUT2D eigenvalue weighted by molar-refractivity contribution is -0.137. The third-order valence-corrected chi connectivity index (χ3v) is 7.52. The first kappa shape index (κ1) is 18.8. The molecule has 1 heterocycles. The topological polar surface area (TPSA) is 109 Å². The first-order valence-electron chi connectivity index (χ1n) is 7.31. The van der Waals surface area contributed by atoms with Crippen LogP contribution in [0, 0.1) is 5.82 Å². The van der Waals surface area contributed by atoms with Crippen molar-refractivity contribution >= 4 is 25.8 Å². The summed E-state index contributed by atoms with van der Waals surface area (Å²) in [5.41, 5.74) is 0. The fourth-order valence-electron chi connectivity index (χ4n) is 2.63. The van der Waals surface area contributed by atoms with Crippen LogP contribution in [-0.4, -0.2) is 56.3 Å². The maximum absolute atomic E-state index is 13.0. The zero-order valence-corrected chi connectivity index (χ0v) is 14.4. The molecule has 1 N–H and O–H groups in total. The van der Waals surface area contributed by atoms with E-state index in [0.29, 0.717) is 0 Å². The van der Waals surface area contributed by atoms with Crippen LogP contribution in [0.4, 0.5) is 4.39 Å². The summed E-state index contributed by atoms with van der Waals surface area (Å²) in [5.74, 6) is -2.05. The Labute approximate surface area is 140 Å². The van der Waals surface area contributed by atoms with E-state index in [1.54, 1.807) is 0 Å². The van der Waals surface area contributed by atoms with Crippen molar-refractivity contribution in [2.24, 2.45) is 0 Å². The minimum atomic E-state index is -4.04. The lowest BCUT2D eigenvalue weighted by Gasteiger charge is -2.27. The first-order chi connectivity index (χ1) is 11.1. The van der Waals surface area contributed by atoms with Gasteiger partial charge in [0.05, 0.1) is 16.4 Å². The molecule has 0 aromatic heterocycles. The Bertz CT molecular complexity index is 804. The highest BCUT2D eigenvalue weighted by molar-refractivity contribution is 7.92. The standard InChI is InChI=1S/C14H18FNO6S2/c15-11-3-5-13(6-4-11)24(21,22)16(8-1-2-14(17)18)12-7-9-23(19,20)10-12/h3-6,12H,1-2,7-10H2,(H,17,18)/t12-/m1/s1. The van der Waals surface area contributed by atoms with Gasteiger partial charge in [0.25, 0.3) is 0 Å². The summed E-state index contributed by atoms with van der Waals surface area (Å²) >= 11 is 0. The number of aliphatic carboxylic acids is 1. The number of benzene rings is 1. The van der Waals surface area contributed by atoms with Crippen molar-refractivity contribution in [3.8, 4) is 0 Å². The summed E-state index contributed by atoms with van der Waals surface area (Å²) < 4.78 is 63.0. The highest BCUT2D eigenvalue weighted by Crippen LogP contribution is 2.25. The van der Waals surface area contributed by atoms with E-state index >= 15 is 0 Å². The second-order valence-electron chi connectivity index (χ2n) is 5.62. The van der Waals surface area contributed by atoms with Gasteiger partial charge in [-0.05, 0) is 37.1 Å². The molecule has 134 valence electrons. The molecule has 0 aliphatic carbocycles. The molecule has 24 heavy (non-hydrogen) atoms. The average molecular weight is 379 g/mol. The van der Waals surface area contributed by atoms with Crippen LogP contribution in [0.1, 0.15) is 19.3 Å². The van der Waals surface area contributed by atoms with Gasteiger partial charge in [-0.15, -0.1) is 0 Å². The Hall–Kier alpha value is -1.52. The molecule has 0 radical (unpaired) electrons. The van der Waals surface area contributed by atoms with Gasteiger partial charge in [-0.1, -0.05) is 0 Å². The van der Waals surface area contributed by atoms with Gasteiger partial charge in [0, 0.05) is 19.0 Å². The lowest BCUT2D eigenvalue weighted by Crippen LogP contribution is -2.41. The molecule has 1 saturated heterocycles. The van der Waals surface area contributed by atoms with Gasteiger partial charge in [-0.3, -0.25) is 4.79 Å². The average Bonchev–Trinajstić information content (AvgIpc) is 2.83. The Balaban J connectivity index is 2.29. The van der Waals surface area contributed by atoms with E-state index < -0.39 is 37.7 Å². The van der Waals surface area contributed by atoms with Crippen molar-refractivity contribution in [1.29, 1.82) is 0 Å². The van der Waals surface area contributed by atoms with Crippen molar-refractivity contribution in [1.82, 2.24) is 4.31 Å². The molecule has 2 rings (SSSR count). The second-order valence-corrected chi connectivity index (χ2v) is 9.74. The van der Waals surface area contributed by atoms with Crippen molar-refractivity contribution < 1.29 is 31.1 Å². The van der Waals surface area contributed by atoms with Crippen LogP contribution < -0.4 is 0 Å². The van der Waals surface area contributed by atoms with Crippen LogP contribution in [0.3, 0.4) is 0 Å². The van der Waals surface area contributed by atoms with Gasteiger partial charge < -0.3 is 5.11 Å². The van der Waals surface area contributed by atoms with Gasteiger partial charge in [0.1, 0.15) is 5.82 Å². The summed E-state index contributed by atoms with van der Waals surface area (Å²) in [6, 6.07) is 3.50. The third kappa shape index (κ3) is 4.52. The summed E-state index contributed by atoms with van der Waals surface area (Å²) in [6.45, 7) is -0.105. The minimum absolute atomic E-state index is 0.0618. The molecule has 0 amide bonds. The van der Waals surface area contributed by atoms with E-state index in [9.17, 15) is 26.0 Å². The van der Waals surface area contributed by atoms with E-state index in [-0.39, 0.29) is 42.2 Å². The molecule has 0 saturated carbocycles. The number of hydrogen-bond donors (Lipinski definition) is 1. The quantitative estimate of drug-likeness (QED) is 0.753. The number of nitrogens with zero attached hydrogens (tertiary/aromatic N) is 1. The second kappa shape index (κ2) is 7.16. The van der Waals surface area contributed by atoms with E-state index in [1.165, 1.54) is 0 Å². The highest BCUT2D eigenvalue weighted by Gasteiger charge is 2.38. The van der Waals surface area contributed by atoms with E-state index in [0.717, 1.165) is 28.6 Å². The monoisotopic (exact) mass is 379 g/mol.